The molecular weight excluding hydrogens is 340 g/mol. The number of nitrogens with one attached hydrogen (secondary N) is 2. The molecule has 25 heavy (non-hydrogen) atoms. The Kier molecular flexibility index (Phi) is 5.20. The molecule has 0 unspecified atom stereocenters. The molecule has 0 spiro atoms. The average molecular weight is 356 g/mol. The van der Waals surface area contributed by atoms with Crippen LogP contribution in [0.25, 0.3) is 0 Å². The van der Waals surface area contributed by atoms with E-state index in [-0.39, 0.29) is 15.9 Å². The Morgan fingerprint density at radius 3 is 2.48 bits per heavy atom. The summed E-state index contributed by atoms with van der Waals surface area (Å²) in [6, 6.07) is 11.0. The molecule has 2 N–H and O–H groups in total. The van der Waals surface area contributed by atoms with Gasteiger partial charge in [0.2, 0.25) is 10.0 Å². The number of amides is 2. The lowest BCUT2D eigenvalue weighted by Gasteiger charge is -2.02. The highest BCUT2D eigenvalue weighted by molar-refractivity contribution is 7.15. The van der Waals surface area contributed by atoms with E-state index in [0.717, 1.165) is 22.7 Å². The summed E-state index contributed by atoms with van der Waals surface area (Å²) in [6.45, 7) is 2.38. The van der Waals surface area contributed by atoms with Gasteiger partial charge in [0.05, 0.1) is 6.26 Å². The number of nitrogens with zero attached hydrogens (tertiary/aromatic N) is 2. The van der Waals surface area contributed by atoms with Crippen LogP contribution in [-0.4, -0.2) is 28.6 Å². The molecule has 0 saturated heterocycles. The molecule has 0 saturated carbocycles. The number of aromatic nitrogens is 2. The molecule has 2 amide bonds. The Hall–Kier alpha value is -3.00. The SMILES string of the molecule is Cc1ccc(NC(=O)c2nnc(C(=O)NCCc3ccco3)s2)cc1. The lowest BCUT2D eigenvalue weighted by atomic mass is 10.2. The number of aryl methyl sites for hydroxylation is 1. The van der Waals surface area contributed by atoms with Crippen molar-refractivity contribution >= 4 is 28.8 Å². The van der Waals surface area contributed by atoms with Gasteiger partial charge >= 0.3 is 0 Å². The van der Waals surface area contributed by atoms with Crippen LogP contribution in [0.3, 0.4) is 0 Å². The van der Waals surface area contributed by atoms with Gasteiger partial charge in [0.15, 0.2) is 0 Å². The normalized spacial score (nSPS) is 10.4. The first-order chi connectivity index (χ1) is 12.1. The largest absolute Gasteiger partial charge is 0.469 e. The summed E-state index contributed by atoms with van der Waals surface area (Å²) < 4.78 is 5.19. The first kappa shape index (κ1) is 16.8. The maximum atomic E-state index is 12.2. The molecule has 0 aliphatic carbocycles. The third-order valence-corrected chi connectivity index (χ3v) is 4.28. The van der Waals surface area contributed by atoms with Crippen molar-refractivity contribution in [3.8, 4) is 0 Å². The first-order valence-electron chi connectivity index (χ1n) is 7.64. The molecule has 0 fully saturated rings. The number of carbonyl (C=O) groups is 2. The maximum Gasteiger partial charge on any atom is 0.286 e. The number of benzene rings is 1. The van der Waals surface area contributed by atoms with Crippen molar-refractivity contribution in [2.45, 2.75) is 13.3 Å². The van der Waals surface area contributed by atoms with E-state index in [1.165, 1.54) is 0 Å². The Bertz CT molecular complexity index is 856. The number of hydrogen-bond acceptors (Lipinski definition) is 6. The molecule has 128 valence electrons. The van der Waals surface area contributed by atoms with E-state index in [1.54, 1.807) is 24.5 Å². The van der Waals surface area contributed by atoms with Crippen molar-refractivity contribution in [3.63, 3.8) is 0 Å². The fourth-order valence-corrected chi connectivity index (χ4v) is 2.71. The van der Waals surface area contributed by atoms with Crippen molar-refractivity contribution in [1.82, 2.24) is 15.5 Å². The van der Waals surface area contributed by atoms with Crippen molar-refractivity contribution in [2.75, 3.05) is 11.9 Å². The first-order valence-corrected chi connectivity index (χ1v) is 8.45. The van der Waals surface area contributed by atoms with Gasteiger partial charge in [-0.2, -0.15) is 0 Å². The molecule has 0 atom stereocenters. The van der Waals surface area contributed by atoms with Gasteiger partial charge in [0.1, 0.15) is 5.76 Å². The second-order valence-electron chi connectivity index (χ2n) is 5.32. The van der Waals surface area contributed by atoms with Crippen LogP contribution >= 0.6 is 11.3 Å². The van der Waals surface area contributed by atoms with Crippen LogP contribution in [0.5, 0.6) is 0 Å². The van der Waals surface area contributed by atoms with Crippen LogP contribution in [0.15, 0.2) is 47.1 Å². The minimum Gasteiger partial charge on any atom is -0.469 e. The molecular formula is C17H16N4O3S. The number of anilines is 1. The van der Waals surface area contributed by atoms with E-state index in [1.807, 2.05) is 25.1 Å². The zero-order valence-corrected chi connectivity index (χ0v) is 14.3. The van der Waals surface area contributed by atoms with Crippen molar-refractivity contribution in [1.29, 1.82) is 0 Å². The molecule has 3 rings (SSSR count). The lowest BCUT2D eigenvalue weighted by Crippen LogP contribution is -2.25. The zero-order chi connectivity index (χ0) is 17.6. The van der Waals surface area contributed by atoms with Gasteiger partial charge < -0.3 is 15.1 Å². The monoisotopic (exact) mass is 356 g/mol. The summed E-state index contributed by atoms with van der Waals surface area (Å²) in [5.41, 5.74) is 1.76. The molecule has 0 aliphatic rings. The van der Waals surface area contributed by atoms with E-state index in [2.05, 4.69) is 20.8 Å². The molecule has 0 radical (unpaired) electrons. The van der Waals surface area contributed by atoms with Gasteiger partial charge in [0.25, 0.3) is 11.8 Å². The standard InChI is InChI=1S/C17H16N4O3S/c1-11-4-6-12(7-5-11)19-15(23)17-21-20-16(25-17)14(22)18-9-8-13-3-2-10-24-13/h2-7,10H,8-9H2,1H3,(H,18,22)(H,19,23). The van der Waals surface area contributed by atoms with E-state index < -0.39 is 5.91 Å². The highest BCUT2D eigenvalue weighted by atomic mass is 32.1. The van der Waals surface area contributed by atoms with Crippen molar-refractivity contribution < 1.29 is 14.0 Å². The predicted octanol–water partition coefficient (Wildman–Crippen LogP) is 2.66. The van der Waals surface area contributed by atoms with Gasteiger partial charge in [-0.1, -0.05) is 29.0 Å². The number of carbonyl (C=O) groups excluding carboxylic acids is 2. The lowest BCUT2D eigenvalue weighted by molar-refractivity contribution is 0.0951. The third-order valence-electron chi connectivity index (χ3n) is 3.36. The van der Waals surface area contributed by atoms with E-state index in [0.29, 0.717) is 18.7 Å². The minimum atomic E-state index is -0.393. The summed E-state index contributed by atoms with van der Waals surface area (Å²) in [6.07, 6.45) is 2.17. The van der Waals surface area contributed by atoms with Crippen LogP contribution in [0.4, 0.5) is 5.69 Å². The third kappa shape index (κ3) is 4.51. The van der Waals surface area contributed by atoms with Crippen LogP contribution in [0.2, 0.25) is 0 Å². The summed E-state index contributed by atoms with van der Waals surface area (Å²) >= 11 is 0.950. The number of rotatable bonds is 6. The highest BCUT2D eigenvalue weighted by Gasteiger charge is 2.17. The van der Waals surface area contributed by atoms with Gasteiger partial charge in [0, 0.05) is 18.7 Å². The molecule has 0 bridgehead atoms. The van der Waals surface area contributed by atoms with Crippen LogP contribution in [0.1, 0.15) is 30.9 Å². The maximum absolute atomic E-state index is 12.2. The van der Waals surface area contributed by atoms with Gasteiger partial charge in [-0.3, -0.25) is 9.59 Å². The zero-order valence-electron chi connectivity index (χ0n) is 13.5. The summed E-state index contributed by atoms with van der Waals surface area (Å²) in [5.74, 6) is 0.0326. The Labute approximate surface area is 148 Å². The van der Waals surface area contributed by atoms with E-state index in [9.17, 15) is 9.59 Å². The van der Waals surface area contributed by atoms with Gasteiger partial charge in [-0.15, -0.1) is 10.2 Å². The summed E-state index contributed by atoms with van der Waals surface area (Å²) in [5, 5.41) is 13.3. The highest BCUT2D eigenvalue weighted by Crippen LogP contribution is 2.14. The van der Waals surface area contributed by atoms with Gasteiger partial charge in [-0.25, -0.2) is 0 Å². The fraction of sp³-hybridized carbons (Fsp3) is 0.176. The minimum absolute atomic E-state index is 0.136. The van der Waals surface area contributed by atoms with E-state index >= 15 is 0 Å². The number of furan rings is 1. The second-order valence-corrected chi connectivity index (χ2v) is 6.30. The molecule has 1 aromatic carbocycles. The smallest absolute Gasteiger partial charge is 0.286 e. The molecule has 7 nitrogen and oxygen atoms in total. The molecule has 2 aromatic heterocycles. The second kappa shape index (κ2) is 7.71. The molecule has 2 heterocycles. The van der Waals surface area contributed by atoms with Crippen LogP contribution < -0.4 is 10.6 Å². The predicted molar refractivity (Wildman–Crippen MR) is 93.8 cm³/mol. The fourth-order valence-electron chi connectivity index (χ4n) is 2.06. The van der Waals surface area contributed by atoms with E-state index in [4.69, 9.17) is 4.42 Å². The average Bonchev–Trinajstić information content (AvgIpc) is 3.28. The molecule has 0 aliphatic heterocycles. The van der Waals surface area contributed by atoms with Crippen LogP contribution in [-0.2, 0) is 6.42 Å². The Morgan fingerprint density at radius 1 is 1.08 bits per heavy atom. The summed E-state index contributed by atoms with van der Waals surface area (Å²) in [4.78, 5) is 24.2. The van der Waals surface area contributed by atoms with Crippen molar-refractivity contribution in [3.05, 3.63) is 64.0 Å². The van der Waals surface area contributed by atoms with Crippen LogP contribution in [0, 0.1) is 6.92 Å². The topological polar surface area (TPSA) is 97.1 Å². The Morgan fingerprint density at radius 2 is 1.80 bits per heavy atom. The Balaban J connectivity index is 1.54. The van der Waals surface area contributed by atoms with Gasteiger partial charge in [-0.05, 0) is 31.2 Å². The quantitative estimate of drug-likeness (QED) is 0.708. The van der Waals surface area contributed by atoms with Crippen molar-refractivity contribution in [2.24, 2.45) is 0 Å². The summed E-state index contributed by atoms with van der Waals surface area (Å²) in [7, 11) is 0. The molecule has 8 heteroatoms. The molecule has 3 aromatic rings. The number of hydrogen-bond donors (Lipinski definition) is 2.